The number of carbonyl (C=O) groups excluding carboxylic acids is 1. The van der Waals surface area contributed by atoms with Gasteiger partial charge in [-0.15, -0.1) is 5.10 Å². The minimum absolute atomic E-state index is 0.202. The molecule has 2 atom stereocenters. The summed E-state index contributed by atoms with van der Waals surface area (Å²) in [6.45, 7) is 4.25. The van der Waals surface area contributed by atoms with Gasteiger partial charge in [0, 0.05) is 12.5 Å². The number of nitrogens with one attached hydrogen (secondary N) is 1. The number of carbonyl (C=O) groups is 1. The second kappa shape index (κ2) is 7.13. The zero-order valence-electron chi connectivity index (χ0n) is 14.1. The molecule has 0 radical (unpaired) electrons. The number of aromatic nitrogens is 3. The lowest BCUT2D eigenvalue weighted by atomic mass is 10.0. The quantitative estimate of drug-likeness (QED) is 0.817. The lowest BCUT2D eigenvalue weighted by molar-refractivity contribution is 0.0929. The number of hydrogen-bond donors (Lipinski definition) is 2. The van der Waals surface area contributed by atoms with Crippen molar-refractivity contribution in [3.05, 3.63) is 42.0 Å². The van der Waals surface area contributed by atoms with Crippen LogP contribution in [0.4, 0.5) is 0 Å². The summed E-state index contributed by atoms with van der Waals surface area (Å²) in [5.41, 5.74) is 0.924. The van der Waals surface area contributed by atoms with Crippen LogP contribution in [0.1, 0.15) is 55.5 Å². The van der Waals surface area contributed by atoms with Crippen LogP contribution in [0, 0.1) is 5.92 Å². The Morgan fingerprint density at radius 3 is 2.67 bits per heavy atom. The first-order valence-electron chi connectivity index (χ1n) is 8.53. The first-order valence-corrected chi connectivity index (χ1v) is 8.53. The Balaban J connectivity index is 1.73. The van der Waals surface area contributed by atoms with Crippen LogP contribution in [0.5, 0.6) is 0 Å². The molecule has 128 valence electrons. The topological polar surface area (TPSA) is 80.0 Å². The first kappa shape index (κ1) is 16.6. The highest BCUT2D eigenvalue weighted by Crippen LogP contribution is 2.39. The number of benzene rings is 1. The molecule has 2 N–H and O–H groups in total. The molecule has 2 unspecified atom stereocenters. The van der Waals surface area contributed by atoms with E-state index in [1.807, 2.05) is 37.3 Å². The van der Waals surface area contributed by atoms with Gasteiger partial charge in [-0.2, -0.15) is 0 Å². The predicted octanol–water partition coefficient (Wildman–Crippen LogP) is 2.28. The fraction of sp³-hybridized carbons (Fsp3) is 0.500. The Bertz CT molecular complexity index is 692. The monoisotopic (exact) mass is 328 g/mol. The summed E-state index contributed by atoms with van der Waals surface area (Å²) in [5.74, 6) is 1.42. The Morgan fingerprint density at radius 1 is 1.33 bits per heavy atom. The van der Waals surface area contributed by atoms with Gasteiger partial charge in [-0.25, -0.2) is 9.67 Å². The Labute approximate surface area is 141 Å². The number of aliphatic hydroxyl groups excluding tert-OH is 1. The molecule has 24 heavy (non-hydrogen) atoms. The van der Waals surface area contributed by atoms with Gasteiger partial charge < -0.3 is 10.4 Å². The summed E-state index contributed by atoms with van der Waals surface area (Å²) in [6.07, 6.45) is 2.48. The van der Waals surface area contributed by atoms with E-state index in [9.17, 15) is 9.90 Å². The van der Waals surface area contributed by atoms with Crippen LogP contribution in [0.25, 0.3) is 5.69 Å². The van der Waals surface area contributed by atoms with Crippen LogP contribution in [0.15, 0.2) is 30.3 Å². The van der Waals surface area contributed by atoms with Crippen molar-refractivity contribution < 1.29 is 9.90 Å². The maximum atomic E-state index is 12.4. The van der Waals surface area contributed by atoms with E-state index in [2.05, 4.69) is 15.4 Å². The van der Waals surface area contributed by atoms with E-state index >= 15 is 0 Å². The third-order valence-corrected chi connectivity index (χ3v) is 4.13. The van der Waals surface area contributed by atoms with Gasteiger partial charge in [0.1, 0.15) is 5.82 Å². The molecular weight excluding hydrogens is 304 g/mol. The minimum Gasteiger partial charge on any atom is -0.393 e. The van der Waals surface area contributed by atoms with Crippen molar-refractivity contribution in [3.63, 3.8) is 0 Å². The van der Waals surface area contributed by atoms with E-state index in [1.165, 1.54) is 0 Å². The summed E-state index contributed by atoms with van der Waals surface area (Å²) in [7, 11) is 0. The fourth-order valence-electron chi connectivity index (χ4n) is 2.80. The maximum Gasteiger partial charge on any atom is 0.290 e. The molecule has 1 aromatic heterocycles. The summed E-state index contributed by atoms with van der Waals surface area (Å²) < 4.78 is 1.78. The van der Waals surface area contributed by atoms with Crippen LogP contribution >= 0.6 is 0 Å². The minimum atomic E-state index is -0.367. The van der Waals surface area contributed by atoms with Crippen LogP contribution in [-0.4, -0.2) is 38.4 Å². The maximum absolute atomic E-state index is 12.4. The van der Waals surface area contributed by atoms with Crippen molar-refractivity contribution in [3.8, 4) is 5.69 Å². The summed E-state index contributed by atoms with van der Waals surface area (Å²) in [6, 6.07) is 9.78. The molecule has 6 heteroatoms. The Morgan fingerprint density at radius 2 is 2.04 bits per heavy atom. The molecule has 0 bridgehead atoms. The van der Waals surface area contributed by atoms with Gasteiger partial charge in [0.05, 0.1) is 11.8 Å². The number of rotatable bonds is 7. The van der Waals surface area contributed by atoms with Crippen molar-refractivity contribution in [2.75, 3.05) is 6.54 Å². The summed E-state index contributed by atoms with van der Waals surface area (Å²) in [5, 5.41) is 16.7. The molecule has 3 rings (SSSR count). The molecule has 0 aliphatic heterocycles. The average Bonchev–Trinajstić information content (AvgIpc) is 3.31. The van der Waals surface area contributed by atoms with Crippen molar-refractivity contribution in [2.24, 2.45) is 5.92 Å². The van der Waals surface area contributed by atoms with E-state index in [4.69, 9.17) is 0 Å². The molecule has 6 nitrogen and oxygen atoms in total. The number of amides is 1. The van der Waals surface area contributed by atoms with Crippen molar-refractivity contribution in [2.45, 2.75) is 45.1 Å². The second-order valence-electron chi connectivity index (χ2n) is 6.72. The standard InChI is InChI=1S/C18H24N4O2/c1-12(10-13(2)23)11-19-18(24)16-20-17(14-8-9-14)22(21-16)15-6-4-3-5-7-15/h3-7,12-14,23H,8-11H2,1-2H3,(H,19,24). The SMILES string of the molecule is CC(O)CC(C)CNC(=O)c1nc(C2CC2)n(-c2ccccc2)n1. The van der Waals surface area contributed by atoms with E-state index in [-0.39, 0.29) is 23.8 Å². The lowest BCUT2D eigenvalue weighted by Gasteiger charge is -2.13. The van der Waals surface area contributed by atoms with Crippen LogP contribution < -0.4 is 5.32 Å². The van der Waals surface area contributed by atoms with Gasteiger partial charge in [-0.3, -0.25) is 4.79 Å². The zero-order chi connectivity index (χ0) is 17.1. The molecule has 1 aliphatic carbocycles. The highest BCUT2D eigenvalue weighted by Gasteiger charge is 2.31. The van der Waals surface area contributed by atoms with E-state index in [0.717, 1.165) is 24.4 Å². The number of nitrogens with zero attached hydrogens (tertiary/aromatic N) is 3. The van der Waals surface area contributed by atoms with Gasteiger partial charge in [-0.1, -0.05) is 25.1 Å². The molecule has 1 aliphatic rings. The molecule has 1 fully saturated rings. The smallest absolute Gasteiger partial charge is 0.290 e. The number of hydrogen-bond acceptors (Lipinski definition) is 4. The highest BCUT2D eigenvalue weighted by atomic mass is 16.3. The molecule has 2 aromatic rings. The third-order valence-electron chi connectivity index (χ3n) is 4.13. The number of aliphatic hydroxyl groups is 1. The zero-order valence-corrected chi connectivity index (χ0v) is 14.1. The Kier molecular flexibility index (Phi) is 4.94. The molecule has 0 spiro atoms. The van der Waals surface area contributed by atoms with Crippen molar-refractivity contribution in [1.29, 1.82) is 0 Å². The van der Waals surface area contributed by atoms with E-state index < -0.39 is 0 Å². The van der Waals surface area contributed by atoms with Crippen LogP contribution in [-0.2, 0) is 0 Å². The largest absolute Gasteiger partial charge is 0.393 e. The van der Waals surface area contributed by atoms with E-state index in [1.54, 1.807) is 11.6 Å². The van der Waals surface area contributed by atoms with Gasteiger partial charge >= 0.3 is 0 Å². The first-order chi connectivity index (χ1) is 11.5. The molecule has 0 saturated heterocycles. The molecule has 1 aromatic carbocycles. The number of para-hydroxylation sites is 1. The average molecular weight is 328 g/mol. The molecule has 1 saturated carbocycles. The highest BCUT2D eigenvalue weighted by molar-refractivity contribution is 5.90. The third kappa shape index (κ3) is 4.00. The molecule has 1 amide bonds. The summed E-state index contributed by atoms with van der Waals surface area (Å²) >= 11 is 0. The lowest BCUT2D eigenvalue weighted by Crippen LogP contribution is -2.30. The van der Waals surface area contributed by atoms with Crippen molar-refractivity contribution >= 4 is 5.91 Å². The van der Waals surface area contributed by atoms with Gasteiger partial charge in [0.2, 0.25) is 5.82 Å². The van der Waals surface area contributed by atoms with Crippen molar-refractivity contribution in [1.82, 2.24) is 20.1 Å². The molecule has 1 heterocycles. The normalized spacial score (nSPS) is 16.6. The van der Waals surface area contributed by atoms with Gasteiger partial charge in [0.25, 0.3) is 5.91 Å². The van der Waals surface area contributed by atoms with Crippen LogP contribution in [0.2, 0.25) is 0 Å². The predicted molar refractivity (Wildman–Crippen MR) is 91.1 cm³/mol. The van der Waals surface area contributed by atoms with Gasteiger partial charge in [0.15, 0.2) is 0 Å². The second-order valence-corrected chi connectivity index (χ2v) is 6.72. The fourth-order valence-corrected chi connectivity index (χ4v) is 2.80. The molecular formula is C18H24N4O2. The summed E-state index contributed by atoms with van der Waals surface area (Å²) in [4.78, 5) is 16.8. The Hall–Kier alpha value is -2.21. The van der Waals surface area contributed by atoms with E-state index in [0.29, 0.717) is 18.9 Å². The van der Waals surface area contributed by atoms with Crippen LogP contribution in [0.3, 0.4) is 0 Å². The van der Waals surface area contributed by atoms with Gasteiger partial charge in [-0.05, 0) is 44.2 Å².